The van der Waals surface area contributed by atoms with Crippen molar-refractivity contribution < 1.29 is 15.0 Å². The minimum absolute atomic E-state index is 0.181. The van der Waals surface area contributed by atoms with Crippen molar-refractivity contribution in [3.05, 3.63) is 58.9 Å². The van der Waals surface area contributed by atoms with E-state index >= 15 is 0 Å². The first-order chi connectivity index (χ1) is 9.08. The molecule has 0 saturated heterocycles. The number of halogens is 1. The average Bonchev–Trinajstić information content (AvgIpc) is 2.40. The lowest BCUT2D eigenvalue weighted by atomic mass is 10.0. The van der Waals surface area contributed by atoms with Gasteiger partial charge in [-0.25, -0.2) is 9.78 Å². The molecule has 0 bridgehead atoms. The highest BCUT2D eigenvalue weighted by Gasteiger charge is 2.16. The maximum atomic E-state index is 10.7. The predicted octanol–water partition coefficient (Wildman–Crippen LogP) is 2.91. The maximum absolute atomic E-state index is 10.7. The minimum atomic E-state index is -1.23. The summed E-state index contributed by atoms with van der Waals surface area (Å²) in [6.07, 6.45) is -0.938. The summed E-state index contributed by atoms with van der Waals surface area (Å²) in [5.41, 5.74) is 1.19. The topological polar surface area (TPSA) is 82.5 Å². The van der Waals surface area contributed by atoms with Crippen molar-refractivity contribution in [1.29, 1.82) is 0 Å². The van der Waals surface area contributed by atoms with Crippen LogP contribution in [0.2, 0.25) is 5.15 Å². The van der Waals surface area contributed by atoms with Gasteiger partial charge in [0.25, 0.3) is 0 Å². The lowest BCUT2D eigenvalue weighted by molar-refractivity contribution is 0.209. The molecule has 1 atom stereocenters. The third-order valence-corrected chi connectivity index (χ3v) is 2.76. The minimum Gasteiger partial charge on any atom is -0.465 e. The second-order valence-corrected chi connectivity index (χ2v) is 4.22. The molecule has 0 radical (unpaired) electrons. The predicted molar refractivity (Wildman–Crippen MR) is 71.4 cm³/mol. The summed E-state index contributed by atoms with van der Waals surface area (Å²) in [4.78, 5) is 14.5. The van der Waals surface area contributed by atoms with E-state index in [1.54, 1.807) is 24.3 Å². The van der Waals surface area contributed by atoms with Gasteiger partial charge in [-0.1, -0.05) is 41.9 Å². The van der Waals surface area contributed by atoms with Gasteiger partial charge >= 0.3 is 6.09 Å². The summed E-state index contributed by atoms with van der Waals surface area (Å²) in [5, 5.41) is 21.4. The zero-order valence-electron chi connectivity index (χ0n) is 9.75. The van der Waals surface area contributed by atoms with Gasteiger partial charge in [-0.05, 0) is 11.6 Å². The summed E-state index contributed by atoms with van der Waals surface area (Å²) in [7, 11) is 0. The number of aliphatic hydroxyl groups is 1. The van der Waals surface area contributed by atoms with Crippen LogP contribution in [0, 0.1) is 0 Å². The molecule has 98 valence electrons. The van der Waals surface area contributed by atoms with Crippen molar-refractivity contribution in [2.45, 2.75) is 6.10 Å². The Balaban J connectivity index is 2.42. The molecule has 0 aliphatic carbocycles. The van der Waals surface area contributed by atoms with Crippen LogP contribution in [0.5, 0.6) is 0 Å². The second kappa shape index (κ2) is 5.69. The van der Waals surface area contributed by atoms with Gasteiger partial charge in [0.15, 0.2) is 0 Å². The normalized spacial score (nSPS) is 11.9. The van der Waals surface area contributed by atoms with E-state index in [9.17, 15) is 9.90 Å². The van der Waals surface area contributed by atoms with Gasteiger partial charge in [-0.3, -0.25) is 5.32 Å². The van der Waals surface area contributed by atoms with Crippen molar-refractivity contribution >= 4 is 23.4 Å². The molecular weight excluding hydrogens is 268 g/mol. The Hall–Kier alpha value is -2.11. The molecule has 2 aromatic rings. The molecule has 0 aliphatic rings. The van der Waals surface area contributed by atoms with E-state index in [4.69, 9.17) is 16.7 Å². The van der Waals surface area contributed by atoms with Crippen LogP contribution in [0.4, 0.5) is 10.5 Å². The molecule has 19 heavy (non-hydrogen) atoms. The Morgan fingerprint density at radius 2 is 2.00 bits per heavy atom. The standard InChI is InChI=1S/C13H11ClN2O3/c14-11-6-9(10(7-15-11)16-13(18)19)12(17)8-4-2-1-3-5-8/h1-7,12,16-17H,(H,18,19). The highest BCUT2D eigenvalue weighted by Crippen LogP contribution is 2.29. The molecular formula is C13H11ClN2O3. The summed E-state index contributed by atoms with van der Waals surface area (Å²) in [5.74, 6) is 0. The number of aromatic nitrogens is 1. The van der Waals surface area contributed by atoms with Gasteiger partial charge in [0, 0.05) is 5.56 Å². The van der Waals surface area contributed by atoms with E-state index in [0.29, 0.717) is 11.1 Å². The van der Waals surface area contributed by atoms with Crippen LogP contribution in [0.25, 0.3) is 0 Å². The molecule has 1 aromatic carbocycles. The molecule has 6 heteroatoms. The van der Waals surface area contributed by atoms with Crippen LogP contribution in [0.3, 0.4) is 0 Å². The first-order valence-electron chi connectivity index (χ1n) is 5.46. The van der Waals surface area contributed by atoms with Crippen molar-refractivity contribution in [3.8, 4) is 0 Å². The number of hydrogen-bond acceptors (Lipinski definition) is 3. The zero-order valence-corrected chi connectivity index (χ0v) is 10.5. The lowest BCUT2D eigenvalue weighted by Gasteiger charge is -2.15. The number of carbonyl (C=O) groups is 1. The molecule has 2 rings (SSSR count). The number of carboxylic acid groups (broad SMARTS) is 1. The van der Waals surface area contributed by atoms with E-state index in [0.717, 1.165) is 0 Å². The first-order valence-corrected chi connectivity index (χ1v) is 5.84. The van der Waals surface area contributed by atoms with Crippen molar-refractivity contribution in [1.82, 2.24) is 4.98 Å². The van der Waals surface area contributed by atoms with E-state index < -0.39 is 12.2 Å². The molecule has 1 amide bonds. The molecule has 0 saturated carbocycles. The van der Waals surface area contributed by atoms with E-state index in [1.165, 1.54) is 12.3 Å². The highest BCUT2D eigenvalue weighted by molar-refractivity contribution is 6.29. The van der Waals surface area contributed by atoms with Gasteiger partial charge in [0.2, 0.25) is 0 Å². The average molecular weight is 279 g/mol. The number of aliphatic hydroxyl groups excluding tert-OH is 1. The van der Waals surface area contributed by atoms with E-state index in [-0.39, 0.29) is 10.8 Å². The fraction of sp³-hybridized carbons (Fsp3) is 0.0769. The Morgan fingerprint density at radius 3 is 2.63 bits per heavy atom. The Morgan fingerprint density at radius 1 is 1.32 bits per heavy atom. The van der Waals surface area contributed by atoms with Crippen LogP contribution < -0.4 is 5.32 Å². The van der Waals surface area contributed by atoms with Crippen LogP contribution in [-0.2, 0) is 0 Å². The Kier molecular flexibility index (Phi) is 3.99. The van der Waals surface area contributed by atoms with Crippen LogP contribution in [0.1, 0.15) is 17.2 Å². The number of hydrogen-bond donors (Lipinski definition) is 3. The molecule has 5 nitrogen and oxygen atoms in total. The molecule has 0 spiro atoms. The molecule has 0 fully saturated rings. The van der Waals surface area contributed by atoms with Gasteiger partial charge in [0.05, 0.1) is 11.9 Å². The second-order valence-electron chi connectivity index (χ2n) is 3.84. The molecule has 1 heterocycles. The van der Waals surface area contributed by atoms with E-state index in [2.05, 4.69) is 10.3 Å². The number of nitrogens with zero attached hydrogens (tertiary/aromatic N) is 1. The Bertz CT molecular complexity index is 590. The molecule has 1 unspecified atom stereocenters. The quantitative estimate of drug-likeness (QED) is 0.754. The number of pyridine rings is 1. The largest absolute Gasteiger partial charge is 0.465 e. The van der Waals surface area contributed by atoms with Gasteiger partial charge in [-0.2, -0.15) is 0 Å². The van der Waals surface area contributed by atoms with Crippen molar-refractivity contribution in [2.75, 3.05) is 5.32 Å². The molecule has 0 aliphatic heterocycles. The zero-order chi connectivity index (χ0) is 13.8. The third kappa shape index (κ3) is 3.21. The number of nitrogens with one attached hydrogen (secondary N) is 1. The van der Waals surface area contributed by atoms with Crippen molar-refractivity contribution in [3.63, 3.8) is 0 Å². The van der Waals surface area contributed by atoms with Gasteiger partial charge < -0.3 is 10.2 Å². The van der Waals surface area contributed by atoms with Gasteiger partial charge in [0.1, 0.15) is 11.3 Å². The summed E-state index contributed by atoms with van der Waals surface area (Å²) < 4.78 is 0. The van der Waals surface area contributed by atoms with E-state index in [1.807, 2.05) is 6.07 Å². The number of anilines is 1. The number of benzene rings is 1. The maximum Gasteiger partial charge on any atom is 0.409 e. The number of rotatable bonds is 3. The SMILES string of the molecule is O=C(O)Nc1cnc(Cl)cc1C(O)c1ccccc1. The molecule has 1 aromatic heterocycles. The van der Waals surface area contributed by atoms with Crippen LogP contribution in [-0.4, -0.2) is 21.3 Å². The van der Waals surface area contributed by atoms with Gasteiger partial charge in [-0.15, -0.1) is 0 Å². The van der Waals surface area contributed by atoms with Crippen molar-refractivity contribution in [2.24, 2.45) is 0 Å². The fourth-order valence-corrected chi connectivity index (χ4v) is 1.87. The first kappa shape index (κ1) is 13.3. The monoisotopic (exact) mass is 278 g/mol. The third-order valence-electron chi connectivity index (χ3n) is 2.55. The molecule has 3 N–H and O–H groups in total. The highest BCUT2D eigenvalue weighted by atomic mass is 35.5. The van der Waals surface area contributed by atoms with Crippen LogP contribution in [0.15, 0.2) is 42.6 Å². The summed E-state index contributed by atoms with van der Waals surface area (Å²) in [6.45, 7) is 0. The van der Waals surface area contributed by atoms with Crippen LogP contribution >= 0.6 is 11.6 Å². The smallest absolute Gasteiger partial charge is 0.409 e. The summed E-state index contributed by atoms with van der Waals surface area (Å²) >= 11 is 5.79. The lowest BCUT2D eigenvalue weighted by Crippen LogP contribution is -2.12. The number of amides is 1. The fourth-order valence-electron chi connectivity index (χ4n) is 1.70. The summed E-state index contributed by atoms with van der Waals surface area (Å²) in [6, 6.07) is 10.3. The Labute approximate surface area is 114 Å².